The number of hydrogen-bond donors (Lipinski definition) is 1. The average molecular weight is 288 g/mol. The standard InChI is InChI=1S/C15H16N2O2S/c1-18-13-7-12(15(16)20)8-14(9-13)19-6-4-11-3-2-5-17-10-11/h2-3,5,7-10H,4,6H2,1H3,(H2,16,20). The molecule has 0 fully saturated rings. The van der Waals surface area contributed by atoms with Crippen LogP contribution in [0.25, 0.3) is 0 Å². The van der Waals surface area contributed by atoms with Gasteiger partial charge in [-0.15, -0.1) is 0 Å². The Balaban J connectivity index is 2.02. The Morgan fingerprint density at radius 3 is 2.75 bits per heavy atom. The molecule has 0 amide bonds. The Kier molecular flexibility index (Phi) is 4.90. The molecular formula is C15H16N2O2S. The van der Waals surface area contributed by atoms with Crippen molar-refractivity contribution < 1.29 is 9.47 Å². The molecule has 4 nitrogen and oxygen atoms in total. The van der Waals surface area contributed by atoms with Gasteiger partial charge in [-0.25, -0.2) is 0 Å². The van der Waals surface area contributed by atoms with E-state index >= 15 is 0 Å². The zero-order valence-corrected chi connectivity index (χ0v) is 12.0. The summed E-state index contributed by atoms with van der Waals surface area (Å²) in [5.41, 5.74) is 7.50. The van der Waals surface area contributed by atoms with Gasteiger partial charge in [0.2, 0.25) is 0 Å². The fourth-order valence-electron chi connectivity index (χ4n) is 1.75. The van der Waals surface area contributed by atoms with Gasteiger partial charge in [0.15, 0.2) is 0 Å². The lowest BCUT2D eigenvalue weighted by Gasteiger charge is -2.10. The van der Waals surface area contributed by atoms with Gasteiger partial charge in [0, 0.05) is 30.4 Å². The first kappa shape index (κ1) is 14.3. The van der Waals surface area contributed by atoms with E-state index in [2.05, 4.69) is 4.98 Å². The number of ether oxygens (including phenoxy) is 2. The molecule has 0 bridgehead atoms. The number of nitrogens with two attached hydrogens (primary N) is 1. The second-order valence-corrected chi connectivity index (χ2v) is 4.66. The summed E-state index contributed by atoms with van der Waals surface area (Å²) in [6.07, 6.45) is 4.36. The summed E-state index contributed by atoms with van der Waals surface area (Å²) in [6, 6.07) is 9.34. The zero-order chi connectivity index (χ0) is 14.4. The molecule has 0 atom stereocenters. The highest BCUT2D eigenvalue weighted by atomic mass is 32.1. The van der Waals surface area contributed by atoms with Crippen LogP contribution in [0.1, 0.15) is 11.1 Å². The number of pyridine rings is 1. The maximum Gasteiger partial charge on any atom is 0.123 e. The monoisotopic (exact) mass is 288 g/mol. The first-order valence-electron chi connectivity index (χ1n) is 6.19. The largest absolute Gasteiger partial charge is 0.497 e. The zero-order valence-electron chi connectivity index (χ0n) is 11.2. The van der Waals surface area contributed by atoms with Gasteiger partial charge < -0.3 is 15.2 Å². The number of aromatic nitrogens is 1. The van der Waals surface area contributed by atoms with E-state index in [9.17, 15) is 0 Å². The number of methoxy groups -OCH3 is 1. The van der Waals surface area contributed by atoms with Crippen molar-refractivity contribution in [2.24, 2.45) is 5.73 Å². The van der Waals surface area contributed by atoms with E-state index in [1.165, 1.54) is 0 Å². The first-order chi connectivity index (χ1) is 9.69. The summed E-state index contributed by atoms with van der Waals surface area (Å²) in [4.78, 5) is 4.39. The molecule has 5 heteroatoms. The van der Waals surface area contributed by atoms with Crippen LogP contribution in [0.2, 0.25) is 0 Å². The number of hydrogen-bond acceptors (Lipinski definition) is 4. The SMILES string of the molecule is COc1cc(OCCc2cccnc2)cc(C(N)=S)c1. The topological polar surface area (TPSA) is 57.4 Å². The molecule has 0 aliphatic rings. The Morgan fingerprint density at radius 2 is 2.10 bits per heavy atom. The minimum atomic E-state index is 0.320. The van der Waals surface area contributed by atoms with Crippen molar-refractivity contribution in [1.82, 2.24) is 4.98 Å². The molecule has 104 valence electrons. The van der Waals surface area contributed by atoms with E-state index in [0.717, 1.165) is 17.5 Å². The highest BCUT2D eigenvalue weighted by Gasteiger charge is 2.05. The van der Waals surface area contributed by atoms with E-state index in [-0.39, 0.29) is 0 Å². The van der Waals surface area contributed by atoms with Crippen molar-refractivity contribution in [2.45, 2.75) is 6.42 Å². The van der Waals surface area contributed by atoms with Gasteiger partial charge in [0.1, 0.15) is 16.5 Å². The average Bonchev–Trinajstić information content (AvgIpc) is 2.48. The summed E-state index contributed by atoms with van der Waals surface area (Å²) in [6.45, 7) is 0.551. The van der Waals surface area contributed by atoms with Crippen LogP contribution >= 0.6 is 12.2 Å². The summed E-state index contributed by atoms with van der Waals surface area (Å²) < 4.78 is 10.9. The van der Waals surface area contributed by atoms with Crippen LogP contribution in [0.4, 0.5) is 0 Å². The Morgan fingerprint density at radius 1 is 1.30 bits per heavy atom. The van der Waals surface area contributed by atoms with Crippen LogP contribution in [0.15, 0.2) is 42.7 Å². The van der Waals surface area contributed by atoms with E-state index in [4.69, 9.17) is 27.4 Å². The predicted molar refractivity (Wildman–Crippen MR) is 82.3 cm³/mol. The van der Waals surface area contributed by atoms with Crippen molar-refractivity contribution in [2.75, 3.05) is 13.7 Å². The molecule has 2 N–H and O–H groups in total. The molecule has 20 heavy (non-hydrogen) atoms. The van der Waals surface area contributed by atoms with Crippen LogP contribution in [0.5, 0.6) is 11.5 Å². The molecule has 1 heterocycles. The van der Waals surface area contributed by atoms with Gasteiger partial charge in [0.25, 0.3) is 0 Å². The lowest BCUT2D eigenvalue weighted by Crippen LogP contribution is -2.10. The smallest absolute Gasteiger partial charge is 0.123 e. The predicted octanol–water partition coefficient (Wildman–Crippen LogP) is 2.35. The third kappa shape index (κ3) is 3.93. The third-order valence-corrected chi connectivity index (χ3v) is 3.02. The van der Waals surface area contributed by atoms with Crippen molar-refractivity contribution in [1.29, 1.82) is 0 Å². The molecule has 0 saturated heterocycles. The molecule has 0 aliphatic heterocycles. The summed E-state index contributed by atoms with van der Waals surface area (Å²) >= 11 is 4.98. The number of rotatable bonds is 6. The lowest BCUT2D eigenvalue weighted by atomic mass is 10.2. The second kappa shape index (κ2) is 6.86. The third-order valence-electron chi connectivity index (χ3n) is 2.78. The fraction of sp³-hybridized carbons (Fsp3) is 0.200. The highest BCUT2D eigenvalue weighted by Crippen LogP contribution is 2.23. The van der Waals surface area contributed by atoms with Gasteiger partial charge in [-0.1, -0.05) is 18.3 Å². The van der Waals surface area contributed by atoms with Crippen molar-refractivity contribution in [3.63, 3.8) is 0 Å². The van der Waals surface area contributed by atoms with Gasteiger partial charge in [-0.05, 0) is 23.8 Å². The highest BCUT2D eigenvalue weighted by molar-refractivity contribution is 7.80. The van der Waals surface area contributed by atoms with Crippen molar-refractivity contribution >= 4 is 17.2 Å². The molecular weight excluding hydrogens is 272 g/mol. The first-order valence-corrected chi connectivity index (χ1v) is 6.60. The maximum atomic E-state index is 5.72. The van der Waals surface area contributed by atoms with E-state index in [0.29, 0.717) is 23.1 Å². The maximum absolute atomic E-state index is 5.72. The van der Waals surface area contributed by atoms with Crippen LogP contribution in [-0.4, -0.2) is 23.7 Å². The van der Waals surface area contributed by atoms with Gasteiger partial charge in [-0.2, -0.15) is 0 Å². The van der Waals surface area contributed by atoms with Gasteiger partial charge >= 0.3 is 0 Å². The molecule has 1 aromatic carbocycles. The summed E-state index contributed by atoms with van der Waals surface area (Å²) in [5.74, 6) is 1.36. The Bertz CT molecular complexity index is 588. The van der Waals surface area contributed by atoms with E-state index in [1.807, 2.05) is 30.5 Å². The van der Waals surface area contributed by atoms with Gasteiger partial charge in [0.05, 0.1) is 13.7 Å². The van der Waals surface area contributed by atoms with E-state index in [1.54, 1.807) is 19.4 Å². The quantitative estimate of drug-likeness (QED) is 0.827. The van der Waals surface area contributed by atoms with Crippen LogP contribution in [0, 0.1) is 0 Å². The second-order valence-electron chi connectivity index (χ2n) is 4.22. The summed E-state index contributed by atoms with van der Waals surface area (Å²) in [5, 5.41) is 0. The lowest BCUT2D eigenvalue weighted by molar-refractivity contribution is 0.318. The molecule has 0 radical (unpaired) electrons. The minimum absolute atomic E-state index is 0.320. The minimum Gasteiger partial charge on any atom is -0.497 e. The summed E-state index contributed by atoms with van der Waals surface area (Å²) in [7, 11) is 1.60. The normalized spacial score (nSPS) is 10.1. The van der Waals surface area contributed by atoms with Crippen molar-refractivity contribution in [3.05, 3.63) is 53.9 Å². The number of thiocarbonyl (C=S) groups is 1. The molecule has 0 aliphatic carbocycles. The van der Waals surface area contributed by atoms with E-state index < -0.39 is 0 Å². The molecule has 2 rings (SSSR count). The molecule has 0 saturated carbocycles. The Hall–Kier alpha value is -2.14. The van der Waals surface area contributed by atoms with Crippen LogP contribution in [0.3, 0.4) is 0 Å². The molecule has 2 aromatic rings. The molecule has 0 unspecified atom stereocenters. The Labute approximate surface area is 123 Å². The van der Waals surface area contributed by atoms with Crippen molar-refractivity contribution in [3.8, 4) is 11.5 Å². The number of benzene rings is 1. The molecule has 1 aromatic heterocycles. The fourth-order valence-corrected chi connectivity index (χ4v) is 1.87. The number of nitrogens with zero attached hydrogens (tertiary/aromatic N) is 1. The molecule has 0 spiro atoms. The van der Waals surface area contributed by atoms with Crippen LogP contribution in [-0.2, 0) is 6.42 Å². The van der Waals surface area contributed by atoms with Gasteiger partial charge in [-0.3, -0.25) is 4.98 Å². The van der Waals surface area contributed by atoms with Crippen LogP contribution < -0.4 is 15.2 Å².